The topological polar surface area (TPSA) is 41.1 Å². The van der Waals surface area contributed by atoms with Crippen molar-refractivity contribution in [3.8, 4) is 0 Å². The van der Waals surface area contributed by atoms with E-state index in [0.29, 0.717) is 5.92 Å². The predicted molar refractivity (Wildman–Crippen MR) is 81.1 cm³/mol. The monoisotopic (exact) mass is 282 g/mol. The summed E-state index contributed by atoms with van der Waals surface area (Å²) >= 11 is 0. The SMILES string of the molecule is CC(C)(C)c1ccc(C(=O)NCC2CNC2)cc1.Cl. The lowest BCUT2D eigenvalue weighted by molar-refractivity contribution is 0.0942. The van der Waals surface area contributed by atoms with E-state index in [4.69, 9.17) is 0 Å². The van der Waals surface area contributed by atoms with Crippen molar-refractivity contribution in [1.82, 2.24) is 10.6 Å². The van der Waals surface area contributed by atoms with Gasteiger partial charge < -0.3 is 10.6 Å². The third-order valence-corrected chi connectivity index (χ3v) is 3.43. The number of benzene rings is 1. The number of hydrogen-bond donors (Lipinski definition) is 2. The Bertz CT molecular complexity index is 419. The first-order valence-corrected chi connectivity index (χ1v) is 6.56. The molecule has 1 aliphatic rings. The highest BCUT2D eigenvalue weighted by Gasteiger charge is 2.18. The third-order valence-electron chi connectivity index (χ3n) is 3.43. The van der Waals surface area contributed by atoms with Crippen LogP contribution in [-0.2, 0) is 5.41 Å². The summed E-state index contributed by atoms with van der Waals surface area (Å²) < 4.78 is 0. The van der Waals surface area contributed by atoms with E-state index < -0.39 is 0 Å². The van der Waals surface area contributed by atoms with Crippen molar-refractivity contribution in [2.75, 3.05) is 19.6 Å². The highest BCUT2D eigenvalue weighted by Crippen LogP contribution is 2.22. The molecule has 106 valence electrons. The van der Waals surface area contributed by atoms with E-state index in [1.807, 2.05) is 24.3 Å². The van der Waals surface area contributed by atoms with Gasteiger partial charge in [-0.3, -0.25) is 4.79 Å². The number of nitrogens with one attached hydrogen (secondary N) is 2. The van der Waals surface area contributed by atoms with Crippen LogP contribution >= 0.6 is 12.4 Å². The Morgan fingerprint density at radius 3 is 2.26 bits per heavy atom. The second-order valence-electron chi connectivity index (χ2n) is 6.06. The van der Waals surface area contributed by atoms with Gasteiger partial charge in [-0.15, -0.1) is 12.4 Å². The van der Waals surface area contributed by atoms with Gasteiger partial charge in [0.15, 0.2) is 0 Å². The Morgan fingerprint density at radius 1 is 1.26 bits per heavy atom. The quantitative estimate of drug-likeness (QED) is 0.894. The Labute approximate surface area is 121 Å². The van der Waals surface area contributed by atoms with E-state index in [-0.39, 0.29) is 23.7 Å². The van der Waals surface area contributed by atoms with Crippen LogP contribution in [0, 0.1) is 5.92 Å². The standard InChI is InChI=1S/C15H22N2O.ClH/c1-15(2,3)13-6-4-12(5-7-13)14(18)17-10-11-8-16-9-11;/h4-7,11,16H,8-10H2,1-3H3,(H,17,18);1H. The average Bonchev–Trinajstić information content (AvgIpc) is 2.26. The van der Waals surface area contributed by atoms with E-state index in [9.17, 15) is 4.79 Å². The van der Waals surface area contributed by atoms with Crippen molar-refractivity contribution in [2.24, 2.45) is 5.92 Å². The molecule has 1 saturated heterocycles. The zero-order chi connectivity index (χ0) is 13.2. The van der Waals surface area contributed by atoms with Crippen LogP contribution in [-0.4, -0.2) is 25.5 Å². The molecule has 0 unspecified atom stereocenters. The van der Waals surface area contributed by atoms with Crippen LogP contribution in [0.15, 0.2) is 24.3 Å². The molecule has 0 aromatic heterocycles. The van der Waals surface area contributed by atoms with E-state index in [1.54, 1.807) is 0 Å². The molecule has 1 aliphatic heterocycles. The maximum atomic E-state index is 11.9. The van der Waals surface area contributed by atoms with Crippen LogP contribution in [0.5, 0.6) is 0 Å². The van der Waals surface area contributed by atoms with Crippen molar-refractivity contribution >= 4 is 18.3 Å². The molecule has 4 heteroatoms. The van der Waals surface area contributed by atoms with Gasteiger partial charge in [-0.05, 0) is 23.1 Å². The zero-order valence-corrected chi connectivity index (χ0v) is 12.6. The van der Waals surface area contributed by atoms with Crippen LogP contribution in [0.1, 0.15) is 36.7 Å². The fraction of sp³-hybridized carbons (Fsp3) is 0.533. The van der Waals surface area contributed by atoms with E-state index in [1.165, 1.54) is 5.56 Å². The number of carbonyl (C=O) groups excluding carboxylic acids is 1. The van der Waals surface area contributed by atoms with Crippen LogP contribution in [0.25, 0.3) is 0 Å². The van der Waals surface area contributed by atoms with Crippen LogP contribution in [0.4, 0.5) is 0 Å². The summed E-state index contributed by atoms with van der Waals surface area (Å²) in [6.45, 7) is 9.32. The zero-order valence-electron chi connectivity index (χ0n) is 11.8. The lowest BCUT2D eigenvalue weighted by Gasteiger charge is -2.27. The summed E-state index contributed by atoms with van der Waals surface area (Å²) in [6, 6.07) is 7.91. The minimum Gasteiger partial charge on any atom is -0.352 e. The smallest absolute Gasteiger partial charge is 0.251 e. The van der Waals surface area contributed by atoms with Gasteiger partial charge in [0.1, 0.15) is 0 Å². The van der Waals surface area contributed by atoms with Gasteiger partial charge in [-0.2, -0.15) is 0 Å². The number of amides is 1. The maximum absolute atomic E-state index is 11.9. The predicted octanol–water partition coefficient (Wildman–Crippen LogP) is 2.36. The summed E-state index contributed by atoms with van der Waals surface area (Å²) in [7, 11) is 0. The summed E-state index contributed by atoms with van der Waals surface area (Å²) in [5.74, 6) is 0.630. The first-order valence-electron chi connectivity index (χ1n) is 6.56. The van der Waals surface area contributed by atoms with Gasteiger partial charge >= 0.3 is 0 Å². The second-order valence-corrected chi connectivity index (χ2v) is 6.06. The second kappa shape index (κ2) is 6.40. The molecule has 2 N–H and O–H groups in total. The van der Waals surface area contributed by atoms with Crippen molar-refractivity contribution < 1.29 is 4.79 Å². The van der Waals surface area contributed by atoms with Crippen molar-refractivity contribution in [2.45, 2.75) is 26.2 Å². The van der Waals surface area contributed by atoms with Gasteiger partial charge in [0.05, 0.1) is 0 Å². The number of hydrogen-bond acceptors (Lipinski definition) is 2. The molecule has 0 atom stereocenters. The highest BCUT2D eigenvalue weighted by molar-refractivity contribution is 5.94. The molecule has 1 fully saturated rings. The van der Waals surface area contributed by atoms with E-state index in [0.717, 1.165) is 25.2 Å². The molecule has 3 nitrogen and oxygen atoms in total. The van der Waals surface area contributed by atoms with Gasteiger partial charge in [0.25, 0.3) is 5.91 Å². The Hall–Kier alpha value is -1.06. The normalized spacial score (nSPS) is 15.3. The van der Waals surface area contributed by atoms with Crippen LogP contribution in [0.2, 0.25) is 0 Å². The molecule has 19 heavy (non-hydrogen) atoms. The summed E-state index contributed by atoms with van der Waals surface area (Å²) in [6.07, 6.45) is 0. The number of rotatable bonds is 3. The fourth-order valence-corrected chi connectivity index (χ4v) is 1.95. The molecule has 1 amide bonds. The third kappa shape index (κ3) is 4.22. The molecule has 0 bridgehead atoms. The van der Waals surface area contributed by atoms with Crippen molar-refractivity contribution in [3.63, 3.8) is 0 Å². The summed E-state index contributed by atoms with van der Waals surface area (Å²) in [5, 5.41) is 6.18. The van der Waals surface area contributed by atoms with Gasteiger partial charge in [0.2, 0.25) is 0 Å². The molecule has 1 aromatic rings. The summed E-state index contributed by atoms with van der Waals surface area (Å²) in [4.78, 5) is 11.9. The van der Waals surface area contributed by atoms with E-state index in [2.05, 4.69) is 31.4 Å². The maximum Gasteiger partial charge on any atom is 0.251 e. The Kier molecular flexibility index (Phi) is 5.39. The highest BCUT2D eigenvalue weighted by atomic mass is 35.5. The molecule has 0 spiro atoms. The van der Waals surface area contributed by atoms with E-state index >= 15 is 0 Å². The van der Waals surface area contributed by atoms with Gasteiger partial charge in [0, 0.05) is 31.1 Å². The lowest BCUT2D eigenvalue weighted by Crippen LogP contribution is -2.48. The largest absolute Gasteiger partial charge is 0.352 e. The molecule has 0 saturated carbocycles. The molecule has 0 radical (unpaired) electrons. The first kappa shape index (κ1) is 16.0. The Balaban J connectivity index is 0.00000180. The molecule has 1 heterocycles. The van der Waals surface area contributed by atoms with Gasteiger partial charge in [-0.25, -0.2) is 0 Å². The molecule has 2 rings (SSSR count). The summed E-state index contributed by atoms with van der Waals surface area (Å²) in [5.41, 5.74) is 2.13. The average molecular weight is 283 g/mol. The number of carbonyl (C=O) groups is 1. The molecule has 1 aromatic carbocycles. The minimum atomic E-state index is 0. The minimum absolute atomic E-state index is 0. The van der Waals surface area contributed by atoms with Crippen LogP contribution < -0.4 is 10.6 Å². The van der Waals surface area contributed by atoms with Crippen LogP contribution in [0.3, 0.4) is 0 Å². The lowest BCUT2D eigenvalue weighted by atomic mass is 9.86. The fourth-order valence-electron chi connectivity index (χ4n) is 1.95. The van der Waals surface area contributed by atoms with Gasteiger partial charge in [-0.1, -0.05) is 32.9 Å². The number of halogens is 1. The molecule has 0 aliphatic carbocycles. The van der Waals surface area contributed by atoms with Crippen molar-refractivity contribution in [3.05, 3.63) is 35.4 Å². The molecular formula is C15H23ClN2O. The van der Waals surface area contributed by atoms with Crippen molar-refractivity contribution in [1.29, 1.82) is 0 Å². The Morgan fingerprint density at radius 2 is 1.84 bits per heavy atom. The first-order chi connectivity index (χ1) is 8.47. The molecular weight excluding hydrogens is 260 g/mol.